The summed E-state index contributed by atoms with van der Waals surface area (Å²) in [5.74, 6) is -0.270. The van der Waals surface area contributed by atoms with E-state index in [0.29, 0.717) is 26.1 Å². The maximum Gasteiger partial charge on any atom is 0.408 e. The highest BCUT2D eigenvalue weighted by Gasteiger charge is 2.45. The van der Waals surface area contributed by atoms with Crippen molar-refractivity contribution in [1.82, 2.24) is 15.5 Å². The summed E-state index contributed by atoms with van der Waals surface area (Å²) in [7, 11) is 0. The molecule has 10 nitrogen and oxygen atoms in total. The number of hydrogen-bond acceptors (Lipinski definition) is 7. The van der Waals surface area contributed by atoms with Gasteiger partial charge in [0.25, 0.3) is 0 Å². The molecule has 1 aliphatic heterocycles. The molecule has 3 amide bonds. The van der Waals surface area contributed by atoms with Gasteiger partial charge >= 0.3 is 18.2 Å². The van der Waals surface area contributed by atoms with E-state index in [1.165, 1.54) is 0 Å². The topological polar surface area (TPSA) is 123 Å². The summed E-state index contributed by atoms with van der Waals surface area (Å²) in [6.07, 6.45) is 3.98. The van der Waals surface area contributed by atoms with Crippen molar-refractivity contribution in [2.45, 2.75) is 104 Å². The second-order valence-electron chi connectivity index (χ2n) is 11.9. The molecule has 1 aromatic carbocycles. The molecule has 1 heterocycles. The summed E-state index contributed by atoms with van der Waals surface area (Å²) in [5.41, 5.74) is -0.911. The van der Waals surface area contributed by atoms with E-state index in [4.69, 9.17) is 14.2 Å². The third-order valence-corrected chi connectivity index (χ3v) is 6.96. The number of ether oxygens (including phenoxy) is 3. The summed E-state index contributed by atoms with van der Waals surface area (Å²) >= 11 is 0. The van der Waals surface area contributed by atoms with Crippen LogP contribution in [0.1, 0.15) is 91.5 Å². The normalized spacial score (nSPS) is 15.4. The Kier molecular flexibility index (Phi) is 13.9. The number of esters is 1. The average molecular weight is 576 g/mol. The first-order chi connectivity index (χ1) is 19.4. The van der Waals surface area contributed by atoms with Crippen LogP contribution in [-0.4, -0.2) is 66.3 Å². The summed E-state index contributed by atoms with van der Waals surface area (Å²) in [5, 5.41) is 5.53. The van der Waals surface area contributed by atoms with Gasteiger partial charge in [-0.15, -0.1) is 0 Å². The Balaban J connectivity index is 1.82. The molecule has 0 spiro atoms. The first kappa shape index (κ1) is 33.9. The molecule has 1 aromatic rings. The minimum absolute atomic E-state index is 0.0315. The summed E-state index contributed by atoms with van der Waals surface area (Å²) in [6, 6.07) is 9.32. The molecular formula is C31H49N3O7. The number of hydrogen-bond donors (Lipinski definition) is 2. The fraction of sp³-hybridized carbons (Fsp3) is 0.677. The number of rotatable bonds is 14. The second-order valence-corrected chi connectivity index (χ2v) is 11.9. The molecule has 2 N–H and O–H groups in total. The van der Waals surface area contributed by atoms with Crippen molar-refractivity contribution in [3.8, 4) is 0 Å². The van der Waals surface area contributed by atoms with Gasteiger partial charge in [0.05, 0.1) is 6.61 Å². The van der Waals surface area contributed by atoms with Crippen molar-refractivity contribution in [3.63, 3.8) is 0 Å². The molecule has 41 heavy (non-hydrogen) atoms. The number of piperidine rings is 1. The number of amides is 3. The predicted octanol–water partition coefficient (Wildman–Crippen LogP) is 5.34. The van der Waals surface area contributed by atoms with Crippen molar-refractivity contribution >= 4 is 24.1 Å². The van der Waals surface area contributed by atoms with E-state index in [-0.39, 0.29) is 37.9 Å². The molecular weight excluding hydrogens is 526 g/mol. The highest BCUT2D eigenvalue weighted by atomic mass is 16.6. The highest BCUT2D eigenvalue weighted by Crippen LogP contribution is 2.26. The lowest BCUT2D eigenvalue weighted by Crippen LogP contribution is -2.61. The number of alkyl carbamates (subject to hydrolysis) is 2. The number of carbonyl (C=O) groups is 4. The molecule has 1 atom stereocenters. The van der Waals surface area contributed by atoms with Gasteiger partial charge in [-0.25, -0.2) is 14.4 Å². The van der Waals surface area contributed by atoms with Gasteiger partial charge in [0, 0.05) is 26.1 Å². The highest BCUT2D eigenvalue weighted by molar-refractivity contribution is 5.86. The Bertz CT molecular complexity index is 970. The predicted molar refractivity (Wildman–Crippen MR) is 156 cm³/mol. The Morgan fingerprint density at radius 1 is 0.976 bits per heavy atom. The fourth-order valence-electron chi connectivity index (χ4n) is 4.57. The largest absolute Gasteiger partial charge is 0.464 e. The molecule has 1 aliphatic rings. The van der Waals surface area contributed by atoms with Crippen LogP contribution in [0, 0.1) is 5.92 Å². The fourth-order valence-corrected chi connectivity index (χ4v) is 4.57. The van der Waals surface area contributed by atoms with Crippen LogP contribution >= 0.6 is 0 Å². The summed E-state index contributed by atoms with van der Waals surface area (Å²) in [4.78, 5) is 52.3. The van der Waals surface area contributed by atoms with E-state index in [0.717, 1.165) is 37.7 Å². The zero-order valence-electron chi connectivity index (χ0n) is 25.5. The van der Waals surface area contributed by atoms with Crippen LogP contribution in [0.15, 0.2) is 30.3 Å². The van der Waals surface area contributed by atoms with Crippen LogP contribution in [-0.2, 0) is 30.4 Å². The average Bonchev–Trinajstić information content (AvgIpc) is 2.91. The lowest BCUT2D eigenvalue weighted by Gasteiger charge is -2.40. The van der Waals surface area contributed by atoms with Gasteiger partial charge in [0.15, 0.2) is 0 Å². The number of unbranched alkanes of at least 4 members (excludes halogenated alkanes) is 2. The zero-order chi connectivity index (χ0) is 30.3. The molecule has 0 unspecified atom stereocenters. The SMILES string of the molecule is CCCCOC(=O)C1(NC(=O)OCc2ccccc2)CCN(C(=O)C[C@H](C)CCCCNC(=O)OC(C)(C)C)CC1. The van der Waals surface area contributed by atoms with Crippen LogP contribution in [0.2, 0.25) is 0 Å². The summed E-state index contributed by atoms with van der Waals surface area (Å²) in [6.45, 7) is 11.1. The Morgan fingerprint density at radius 2 is 1.66 bits per heavy atom. The number of nitrogens with one attached hydrogen (secondary N) is 2. The van der Waals surface area contributed by atoms with Gasteiger partial charge in [-0.1, -0.05) is 63.4 Å². The van der Waals surface area contributed by atoms with Crippen LogP contribution < -0.4 is 10.6 Å². The van der Waals surface area contributed by atoms with Gasteiger partial charge in [-0.05, 0) is 57.9 Å². The van der Waals surface area contributed by atoms with Gasteiger partial charge in [-0.2, -0.15) is 0 Å². The monoisotopic (exact) mass is 575 g/mol. The molecule has 0 bridgehead atoms. The molecule has 1 saturated heterocycles. The first-order valence-corrected chi connectivity index (χ1v) is 14.8. The van der Waals surface area contributed by atoms with Crippen molar-refractivity contribution in [1.29, 1.82) is 0 Å². The van der Waals surface area contributed by atoms with Crippen LogP contribution in [0.25, 0.3) is 0 Å². The lowest BCUT2D eigenvalue weighted by atomic mass is 9.87. The van der Waals surface area contributed by atoms with Crippen molar-refractivity contribution in [2.24, 2.45) is 5.92 Å². The van der Waals surface area contributed by atoms with E-state index in [2.05, 4.69) is 10.6 Å². The molecule has 0 aromatic heterocycles. The van der Waals surface area contributed by atoms with E-state index in [9.17, 15) is 19.2 Å². The minimum Gasteiger partial charge on any atom is -0.464 e. The zero-order valence-corrected chi connectivity index (χ0v) is 25.5. The standard InChI is InChI=1S/C31H49N3O7/c1-6-7-21-39-27(36)31(33-29(38)40-23-25-14-9-8-10-15-25)16-19-34(20-17-31)26(35)22-24(2)13-11-12-18-32-28(37)41-30(3,4)5/h8-10,14-15,24H,6-7,11-13,16-23H2,1-5H3,(H,32,37)(H,33,38)/t24-/m1/s1. The molecule has 0 radical (unpaired) electrons. The van der Waals surface area contributed by atoms with E-state index >= 15 is 0 Å². The number of nitrogens with zero attached hydrogens (tertiary/aromatic N) is 1. The van der Waals surface area contributed by atoms with E-state index in [1.807, 2.05) is 65.0 Å². The smallest absolute Gasteiger partial charge is 0.408 e. The van der Waals surface area contributed by atoms with Gasteiger partial charge in [0.2, 0.25) is 5.91 Å². The van der Waals surface area contributed by atoms with Crippen LogP contribution in [0.4, 0.5) is 9.59 Å². The Morgan fingerprint density at radius 3 is 2.29 bits per heavy atom. The first-order valence-electron chi connectivity index (χ1n) is 14.8. The third-order valence-electron chi connectivity index (χ3n) is 6.96. The van der Waals surface area contributed by atoms with Crippen molar-refractivity contribution in [2.75, 3.05) is 26.2 Å². The molecule has 230 valence electrons. The second kappa shape index (κ2) is 16.8. The maximum atomic E-state index is 13.1. The summed E-state index contributed by atoms with van der Waals surface area (Å²) < 4.78 is 16.1. The van der Waals surface area contributed by atoms with Gasteiger partial charge in [-0.3, -0.25) is 4.79 Å². The van der Waals surface area contributed by atoms with E-state index in [1.54, 1.807) is 4.90 Å². The van der Waals surface area contributed by atoms with Crippen molar-refractivity contribution in [3.05, 3.63) is 35.9 Å². The third kappa shape index (κ3) is 12.8. The van der Waals surface area contributed by atoms with Crippen LogP contribution in [0.5, 0.6) is 0 Å². The maximum absolute atomic E-state index is 13.1. The number of benzene rings is 1. The number of likely N-dealkylation sites (tertiary alicyclic amines) is 1. The Labute approximate surface area is 244 Å². The van der Waals surface area contributed by atoms with Crippen molar-refractivity contribution < 1.29 is 33.4 Å². The minimum atomic E-state index is -1.23. The van der Waals surface area contributed by atoms with E-state index < -0.39 is 29.3 Å². The van der Waals surface area contributed by atoms with Gasteiger partial charge < -0.3 is 29.7 Å². The molecule has 0 saturated carbocycles. The number of carbonyl (C=O) groups excluding carboxylic acids is 4. The molecule has 10 heteroatoms. The quantitative estimate of drug-likeness (QED) is 0.174. The molecule has 1 fully saturated rings. The molecule has 2 rings (SSSR count). The molecule has 0 aliphatic carbocycles. The van der Waals surface area contributed by atoms with Gasteiger partial charge in [0.1, 0.15) is 17.7 Å². The lowest BCUT2D eigenvalue weighted by molar-refractivity contribution is -0.155. The van der Waals surface area contributed by atoms with Crippen LogP contribution in [0.3, 0.4) is 0 Å². The Hall–Kier alpha value is -3.30.